The Morgan fingerprint density at radius 1 is 1.23 bits per heavy atom. The van der Waals surface area contributed by atoms with E-state index in [9.17, 15) is 14.4 Å². The Hall–Kier alpha value is -2.56. The Morgan fingerprint density at radius 3 is 2.64 bits per heavy atom. The number of carbonyl (C=O) groups is 3. The van der Waals surface area contributed by atoms with Crippen LogP contribution in [0.25, 0.3) is 0 Å². The highest BCUT2D eigenvalue weighted by atomic mass is 16.2. The molecule has 3 rings (SSSR count). The maximum atomic E-state index is 12.6. The minimum Gasteiger partial charge on any atom is -0.314 e. The average Bonchev–Trinajstić information content (AvgIpc) is 2.90. The van der Waals surface area contributed by atoms with Gasteiger partial charge in [0.2, 0.25) is 5.91 Å². The predicted molar refractivity (Wildman–Crippen MR) is 81.4 cm³/mol. The SMILES string of the molecule is CC(=O)NC1=NC2=C(C1)C(=O)C(C(=O)c1ccccc1)CC2. The minimum absolute atomic E-state index is 0.134. The number of benzene rings is 1. The summed E-state index contributed by atoms with van der Waals surface area (Å²) in [4.78, 5) is 40.5. The van der Waals surface area contributed by atoms with Crippen molar-refractivity contribution in [1.29, 1.82) is 0 Å². The lowest BCUT2D eigenvalue weighted by Gasteiger charge is -2.20. The number of hydrogen-bond donors (Lipinski definition) is 1. The molecule has 2 aliphatic rings. The van der Waals surface area contributed by atoms with Crippen molar-refractivity contribution < 1.29 is 14.4 Å². The van der Waals surface area contributed by atoms with Crippen LogP contribution in [0.5, 0.6) is 0 Å². The number of hydrogen-bond acceptors (Lipinski definition) is 4. The van der Waals surface area contributed by atoms with Crippen LogP contribution in [0.15, 0.2) is 46.6 Å². The molecule has 0 bridgehead atoms. The summed E-state index contributed by atoms with van der Waals surface area (Å²) < 4.78 is 0. The van der Waals surface area contributed by atoms with Gasteiger partial charge >= 0.3 is 0 Å². The molecule has 112 valence electrons. The number of rotatable bonds is 2. The standard InChI is InChI=1S/C17H16N2O3/c1-10(20)18-15-9-13-14(19-15)8-7-12(17(13)22)16(21)11-5-3-2-4-6-11/h2-6,12H,7-9H2,1H3,(H,18,19,20). The van der Waals surface area contributed by atoms with Gasteiger partial charge in [-0.2, -0.15) is 0 Å². The van der Waals surface area contributed by atoms with Gasteiger partial charge in [-0.3, -0.25) is 14.4 Å². The average molecular weight is 296 g/mol. The van der Waals surface area contributed by atoms with Gasteiger partial charge in [-0.05, 0) is 12.8 Å². The lowest BCUT2D eigenvalue weighted by atomic mass is 9.81. The monoisotopic (exact) mass is 296 g/mol. The molecular weight excluding hydrogens is 280 g/mol. The van der Waals surface area contributed by atoms with Gasteiger partial charge in [0.1, 0.15) is 5.84 Å². The van der Waals surface area contributed by atoms with Crippen LogP contribution < -0.4 is 5.32 Å². The van der Waals surface area contributed by atoms with Crippen LogP contribution in [0.2, 0.25) is 0 Å². The van der Waals surface area contributed by atoms with Crippen molar-refractivity contribution >= 4 is 23.3 Å². The molecule has 0 radical (unpaired) electrons. The Bertz CT molecular complexity index is 717. The number of carbonyl (C=O) groups excluding carboxylic acids is 3. The quantitative estimate of drug-likeness (QED) is 0.670. The number of amidine groups is 1. The third-order valence-corrected chi connectivity index (χ3v) is 3.94. The molecule has 1 aliphatic carbocycles. The number of aliphatic imine (C=N–C) groups is 1. The zero-order valence-corrected chi connectivity index (χ0v) is 12.3. The number of Topliss-reactive ketones (excluding diaryl/α,β-unsaturated/α-hetero) is 2. The van der Waals surface area contributed by atoms with Crippen molar-refractivity contribution in [3.8, 4) is 0 Å². The Kier molecular flexibility index (Phi) is 3.71. The number of allylic oxidation sites excluding steroid dienone is 1. The Labute approximate surface area is 128 Å². The Balaban J connectivity index is 1.77. The lowest BCUT2D eigenvalue weighted by Crippen LogP contribution is -2.30. The van der Waals surface area contributed by atoms with Crippen LogP contribution >= 0.6 is 0 Å². The molecule has 1 N–H and O–H groups in total. The van der Waals surface area contributed by atoms with Crippen molar-refractivity contribution in [3.05, 3.63) is 47.2 Å². The fraction of sp³-hybridized carbons (Fsp3) is 0.294. The molecule has 0 spiro atoms. The molecule has 5 heteroatoms. The van der Waals surface area contributed by atoms with Gasteiger partial charge in [0.25, 0.3) is 0 Å². The molecule has 0 saturated heterocycles. The van der Waals surface area contributed by atoms with E-state index < -0.39 is 5.92 Å². The number of nitrogens with zero attached hydrogens (tertiary/aromatic N) is 1. The molecule has 1 atom stereocenters. The third kappa shape index (κ3) is 2.62. The molecule has 0 saturated carbocycles. The second-order valence-corrected chi connectivity index (χ2v) is 5.53. The van der Waals surface area contributed by atoms with Gasteiger partial charge in [0.15, 0.2) is 11.6 Å². The van der Waals surface area contributed by atoms with E-state index in [0.29, 0.717) is 41.9 Å². The molecule has 1 heterocycles. The summed E-state index contributed by atoms with van der Waals surface area (Å²) >= 11 is 0. The first-order chi connectivity index (χ1) is 10.6. The van der Waals surface area contributed by atoms with E-state index in [1.807, 2.05) is 6.07 Å². The molecule has 1 amide bonds. The Morgan fingerprint density at radius 2 is 1.95 bits per heavy atom. The highest BCUT2D eigenvalue weighted by Crippen LogP contribution is 2.34. The normalized spacial score (nSPS) is 20.5. The smallest absolute Gasteiger partial charge is 0.222 e. The van der Waals surface area contributed by atoms with Crippen LogP contribution in [-0.2, 0) is 9.59 Å². The van der Waals surface area contributed by atoms with E-state index in [1.165, 1.54) is 6.92 Å². The molecular formula is C17H16N2O3. The van der Waals surface area contributed by atoms with E-state index in [4.69, 9.17) is 0 Å². The molecule has 1 unspecified atom stereocenters. The van der Waals surface area contributed by atoms with E-state index >= 15 is 0 Å². The molecule has 0 fully saturated rings. The predicted octanol–water partition coefficient (Wildman–Crippen LogP) is 2.04. The first kappa shape index (κ1) is 14.4. The van der Waals surface area contributed by atoms with Crippen molar-refractivity contribution in [2.24, 2.45) is 10.9 Å². The van der Waals surface area contributed by atoms with E-state index in [-0.39, 0.29) is 17.5 Å². The number of nitrogens with one attached hydrogen (secondary N) is 1. The summed E-state index contributed by atoms with van der Waals surface area (Å²) in [6, 6.07) is 8.88. The minimum atomic E-state index is -0.631. The molecule has 1 aliphatic heterocycles. The third-order valence-electron chi connectivity index (χ3n) is 3.94. The second kappa shape index (κ2) is 5.67. The van der Waals surface area contributed by atoms with Crippen LogP contribution in [0, 0.1) is 5.92 Å². The maximum Gasteiger partial charge on any atom is 0.222 e. The highest BCUT2D eigenvalue weighted by molar-refractivity contribution is 6.19. The topological polar surface area (TPSA) is 75.6 Å². The summed E-state index contributed by atoms with van der Waals surface area (Å²) in [5, 5.41) is 2.63. The fourth-order valence-corrected chi connectivity index (χ4v) is 2.93. The van der Waals surface area contributed by atoms with Gasteiger partial charge in [-0.25, -0.2) is 4.99 Å². The molecule has 0 aromatic heterocycles. The summed E-state index contributed by atoms with van der Waals surface area (Å²) in [6.45, 7) is 1.41. The summed E-state index contributed by atoms with van der Waals surface area (Å²) in [5.41, 5.74) is 1.85. The molecule has 1 aromatic rings. The van der Waals surface area contributed by atoms with Crippen molar-refractivity contribution in [3.63, 3.8) is 0 Å². The zero-order chi connectivity index (χ0) is 15.7. The fourth-order valence-electron chi connectivity index (χ4n) is 2.93. The molecule has 5 nitrogen and oxygen atoms in total. The molecule has 22 heavy (non-hydrogen) atoms. The lowest BCUT2D eigenvalue weighted by molar-refractivity contribution is -0.119. The highest BCUT2D eigenvalue weighted by Gasteiger charge is 2.37. The van der Waals surface area contributed by atoms with Gasteiger partial charge in [-0.1, -0.05) is 30.3 Å². The summed E-state index contributed by atoms with van der Waals surface area (Å²) in [6.07, 6.45) is 1.38. The van der Waals surface area contributed by atoms with E-state index in [1.54, 1.807) is 24.3 Å². The number of amides is 1. The van der Waals surface area contributed by atoms with Crippen LogP contribution in [0.1, 0.15) is 36.5 Å². The summed E-state index contributed by atoms with van der Waals surface area (Å²) in [5.74, 6) is -0.626. The molecule has 1 aromatic carbocycles. The summed E-state index contributed by atoms with van der Waals surface area (Å²) in [7, 11) is 0. The number of ketones is 2. The van der Waals surface area contributed by atoms with Gasteiger partial charge in [0.05, 0.1) is 5.92 Å². The van der Waals surface area contributed by atoms with Crippen molar-refractivity contribution in [2.75, 3.05) is 0 Å². The van der Waals surface area contributed by atoms with Crippen LogP contribution in [0.4, 0.5) is 0 Å². The maximum absolute atomic E-state index is 12.6. The van der Waals surface area contributed by atoms with Crippen LogP contribution in [0.3, 0.4) is 0 Å². The first-order valence-corrected chi connectivity index (χ1v) is 7.27. The second-order valence-electron chi connectivity index (χ2n) is 5.53. The zero-order valence-electron chi connectivity index (χ0n) is 12.3. The van der Waals surface area contributed by atoms with Crippen molar-refractivity contribution in [1.82, 2.24) is 5.32 Å². The van der Waals surface area contributed by atoms with Crippen LogP contribution in [-0.4, -0.2) is 23.3 Å². The van der Waals surface area contributed by atoms with Gasteiger partial charge in [-0.15, -0.1) is 0 Å². The van der Waals surface area contributed by atoms with Gasteiger partial charge in [0, 0.05) is 30.2 Å². The largest absolute Gasteiger partial charge is 0.314 e. The van der Waals surface area contributed by atoms with E-state index in [2.05, 4.69) is 10.3 Å². The van der Waals surface area contributed by atoms with Crippen molar-refractivity contribution in [2.45, 2.75) is 26.2 Å². The van der Waals surface area contributed by atoms with Gasteiger partial charge < -0.3 is 5.32 Å². The van der Waals surface area contributed by atoms with E-state index in [0.717, 1.165) is 0 Å². The first-order valence-electron chi connectivity index (χ1n) is 7.27.